The third-order valence-corrected chi connectivity index (χ3v) is 5.50. The SMILES string of the molecule is C=CCCCCCCCCCCCC1N=CC[N+]1(CC)C(C)O. The summed E-state index contributed by atoms with van der Waals surface area (Å²) in [5.41, 5.74) is 0. The smallest absolute Gasteiger partial charge is 0.189 e. The summed E-state index contributed by atoms with van der Waals surface area (Å²) < 4.78 is 0.741. The largest absolute Gasteiger partial charge is 0.345 e. The Hall–Kier alpha value is -0.670. The first-order valence-electron chi connectivity index (χ1n) is 9.84. The van der Waals surface area contributed by atoms with E-state index in [9.17, 15) is 5.11 Å². The standard InChI is InChI=1S/C20H39N2O/c1-4-6-7-8-9-10-11-12-13-14-15-16-20-21-17-18-22(20,5-2)19(3)23/h4,17,19-20,23H,1,5-16,18H2,2-3H3/q+1. The number of aliphatic imine (C=N–C) groups is 1. The van der Waals surface area contributed by atoms with Gasteiger partial charge in [-0.15, -0.1) is 6.58 Å². The van der Waals surface area contributed by atoms with E-state index in [1.807, 2.05) is 19.2 Å². The summed E-state index contributed by atoms with van der Waals surface area (Å²) in [7, 11) is 0. The number of allylic oxidation sites excluding steroid dienone is 1. The molecule has 3 atom stereocenters. The molecule has 3 unspecified atom stereocenters. The van der Waals surface area contributed by atoms with Gasteiger partial charge in [0.1, 0.15) is 6.54 Å². The van der Waals surface area contributed by atoms with Gasteiger partial charge in [-0.25, -0.2) is 4.99 Å². The lowest BCUT2D eigenvalue weighted by atomic mass is 10.0. The molecule has 0 spiro atoms. The predicted molar refractivity (Wildman–Crippen MR) is 101 cm³/mol. The van der Waals surface area contributed by atoms with Crippen molar-refractivity contribution in [2.24, 2.45) is 4.99 Å². The van der Waals surface area contributed by atoms with Gasteiger partial charge in [-0.3, -0.25) is 4.48 Å². The first-order chi connectivity index (χ1) is 11.2. The first kappa shape index (κ1) is 20.4. The molecule has 0 aromatic carbocycles. The molecule has 3 heteroatoms. The molecule has 0 aromatic heterocycles. The van der Waals surface area contributed by atoms with Crippen molar-refractivity contribution in [2.45, 2.75) is 96.9 Å². The van der Waals surface area contributed by atoms with E-state index in [1.54, 1.807) is 0 Å². The molecule has 0 aliphatic carbocycles. The Morgan fingerprint density at radius 3 is 2.22 bits per heavy atom. The molecule has 0 aromatic rings. The summed E-state index contributed by atoms with van der Waals surface area (Å²) in [5, 5.41) is 10.1. The lowest BCUT2D eigenvalue weighted by molar-refractivity contribution is -0.976. The monoisotopic (exact) mass is 323 g/mol. The molecule has 0 bridgehead atoms. The van der Waals surface area contributed by atoms with Crippen molar-refractivity contribution >= 4 is 6.21 Å². The molecule has 134 valence electrons. The summed E-state index contributed by atoms with van der Waals surface area (Å²) in [6, 6.07) is 0. The minimum Gasteiger partial charge on any atom is -0.345 e. The fourth-order valence-corrected chi connectivity index (χ4v) is 3.77. The van der Waals surface area contributed by atoms with E-state index < -0.39 is 0 Å². The molecule has 0 radical (unpaired) electrons. The molecular formula is C20H39N2O+. The molecule has 1 rings (SSSR count). The second-order valence-corrected chi connectivity index (χ2v) is 7.09. The zero-order valence-corrected chi connectivity index (χ0v) is 15.6. The second-order valence-electron chi connectivity index (χ2n) is 7.09. The third kappa shape index (κ3) is 6.76. The van der Waals surface area contributed by atoms with Crippen molar-refractivity contribution < 1.29 is 9.59 Å². The Balaban J connectivity index is 2.02. The van der Waals surface area contributed by atoms with Crippen LogP contribution in [0.15, 0.2) is 17.6 Å². The van der Waals surface area contributed by atoms with Crippen molar-refractivity contribution in [3.05, 3.63) is 12.7 Å². The van der Waals surface area contributed by atoms with Crippen molar-refractivity contribution in [1.29, 1.82) is 0 Å². The van der Waals surface area contributed by atoms with Gasteiger partial charge in [0.2, 0.25) is 0 Å². The van der Waals surface area contributed by atoms with Gasteiger partial charge in [-0.1, -0.05) is 51.0 Å². The number of hydrogen-bond acceptors (Lipinski definition) is 2. The number of nitrogens with zero attached hydrogens (tertiary/aromatic N) is 2. The highest BCUT2D eigenvalue weighted by molar-refractivity contribution is 5.60. The molecule has 0 saturated heterocycles. The van der Waals surface area contributed by atoms with Crippen LogP contribution in [0.4, 0.5) is 0 Å². The molecule has 1 aliphatic heterocycles. The lowest BCUT2D eigenvalue weighted by Crippen LogP contribution is -2.57. The molecule has 23 heavy (non-hydrogen) atoms. The van der Waals surface area contributed by atoms with Crippen LogP contribution in [-0.2, 0) is 0 Å². The highest BCUT2D eigenvalue weighted by atomic mass is 16.3. The topological polar surface area (TPSA) is 32.6 Å². The minimum atomic E-state index is -0.311. The molecule has 1 aliphatic rings. The second kappa shape index (κ2) is 11.8. The van der Waals surface area contributed by atoms with Crippen LogP contribution in [0.2, 0.25) is 0 Å². The summed E-state index contributed by atoms with van der Waals surface area (Å²) in [6.07, 6.45) is 18.4. The Kier molecular flexibility index (Phi) is 10.5. The quantitative estimate of drug-likeness (QED) is 0.271. The van der Waals surface area contributed by atoms with E-state index in [-0.39, 0.29) is 12.4 Å². The Labute approximate surface area is 144 Å². The molecule has 3 nitrogen and oxygen atoms in total. The minimum absolute atomic E-state index is 0.282. The number of aliphatic hydroxyl groups excluding tert-OH is 1. The molecule has 1 N–H and O–H groups in total. The number of hydrogen-bond donors (Lipinski definition) is 1. The van der Waals surface area contributed by atoms with Crippen LogP contribution in [0.3, 0.4) is 0 Å². The zero-order valence-electron chi connectivity index (χ0n) is 15.6. The van der Waals surface area contributed by atoms with Gasteiger partial charge in [0, 0.05) is 13.3 Å². The van der Waals surface area contributed by atoms with Crippen LogP contribution >= 0.6 is 0 Å². The highest BCUT2D eigenvalue weighted by Gasteiger charge is 2.41. The van der Waals surface area contributed by atoms with Gasteiger partial charge < -0.3 is 5.11 Å². The number of quaternary nitrogens is 1. The fourth-order valence-electron chi connectivity index (χ4n) is 3.77. The van der Waals surface area contributed by atoms with Crippen LogP contribution in [0.1, 0.15) is 84.5 Å². The Bertz CT molecular complexity index is 341. The summed E-state index contributed by atoms with van der Waals surface area (Å²) in [4.78, 5) is 4.64. The molecule has 0 amide bonds. The summed E-state index contributed by atoms with van der Waals surface area (Å²) >= 11 is 0. The van der Waals surface area contributed by atoms with Crippen LogP contribution in [0, 0.1) is 0 Å². The van der Waals surface area contributed by atoms with E-state index in [1.165, 1.54) is 64.2 Å². The van der Waals surface area contributed by atoms with Crippen molar-refractivity contribution in [3.63, 3.8) is 0 Å². The van der Waals surface area contributed by atoms with E-state index in [4.69, 9.17) is 0 Å². The van der Waals surface area contributed by atoms with Crippen molar-refractivity contribution in [1.82, 2.24) is 0 Å². The van der Waals surface area contributed by atoms with E-state index >= 15 is 0 Å². The van der Waals surface area contributed by atoms with E-state index in [0.717, 1.165) is 24.0 Å². The Morgan fingerprint density at radius 2 is 1.70 bits per heavy atom. The number of unbranched alkanes of at least 4 members (excludes halogenated alkanes) is 9. The van der Waals surface area contributed by atoms with Gasteiger partial charge >= 0.3 is 0 Å². The summed E-state index contributed by atoms with van der Waals surface area (Å²) in [6.45, 7) is 9.71. The molecule has 0 saturated carbocycles. The van der Waals surface area contributed by atoms with Gasteiger partial charge in [0.15, 0.2) is 12.4 Å². The van der Waals surface area contributed by atoms with Gasteiger partial charge in [-0.05, 0) is 26.2 Å². The van der Waals surface area contributed by atoms with E-state index in [2.05, 4.69) is 18.5 Å². The number of aliphatic hydroxyl groups is 1. The first-order valence-corrected chi connectivity index (χ1v) is 9.84. The maximum Gasteiger partial charge on any atom is 0.189 e. The molecule has 1 heterocycles. The third-order valence-electron chi connectivity index (χ3n) is 5.50. The normalized spacial score (nSPS) is 24.9. The van der Waals surface area contributed by atoms with Crippen LogP contribution in [-0.4, -0.2) is 41.3 Å². The van der Waals surface area contributed by atoms with Gasteiger partial charge in [-0.2, -0.15) is 0 Å². The van der Waals surface area contributed by atoms with Crippen LogP contribution in [0.5, 0.6) is 0 Å². The average molecular weight is 324 g/mol. The maximum atomic E-state index is 10.1. The number of rotatable bonds is 14. The maximum absolute atomic E-state index is 10.1. The van der Waals surface area contributed by atoms with Gasteiger partial charge in [0.25, 0.3) is 0 Å². The fraction of sp³-hybridized carbons (Fsp3) is 0.850. The lowest BCUT2D eigenvalue weighted by Gasteiger charge is -2.40. The molecular weight excluding hydrogens is 284 g/mol. The predicted octanol–water partition coefficient (Wildman–Crippen LogP) is 5.05. The average Bonchev–Trinajstić information content (AvgIpc) is 2.97. The molecule has 0 fully saturated rings. The Morgan fingerprint density at radius 1 is 1.13 bits per heavy atom. The highest BCUT2D eigenvalue weighted by Crippen LogP contribution is 2.26. The van der Waals surface area contributed by atoms with E-state index in [0.29, 0.717) is 0 Å². The van der Waals surface area contributed by atoms with Gasteiger partial charge in [0.05, 0.1) is 12.8 Å². The van der Waals surface area contributed by atoms with Crippen molar-refractivity contribution in [2.75, 3.05) is 13.1 Å². The van der Waals surface area contributed by atoms with Crippen LogP contribution in [0.25, 0.3) is 0 Å². The van der Waals surface area contributed by atoms with Crippen molar-refractivity contribution in [3.8, 4) is 0 Å². The zero-order chi connectivity index (χ0) is 17.0. The van der Waals surface area contributed by atoms with Crippen LogP contribution < -0.4 is 0 Å². The summed E-state index contributed by atoms with van der Waals surface area (Å²) in [5.74, 6) is 0.